The summed E-state index contributed by atoms with van der Waals surface area (Å²) in [5.74, 6) is -0.810. The number of benzene rings is 1. The lowest BCUT2D eigenvalue weighted by Gasteiger charge is -2.20. The molecule has 0 aliphatic carbocycles. The first-order chi connectivity index (χ1) is 11.3. The van der Waals surface area contributed by atoms with Gasteiger partial charge in [0.2, 0.25) is 11.8 Å². The first-order valence-electron chi connectivity index (χ1n) is 7.64. The fourth-order valence-corrected chi connectivity index (χ4v) is 2.87. The maximum absolute atomic E-state index is 13.1. The molecule has 0 aliphatic heterocycles. The smallest absolute Gasteiger partial charge is 0.240 e. The number of amides is 2. The molecule has 0 saturated heterocycles. The Kier molecular flexibility index (Phi) is 5.72. The third kappa shape index (κ3) is 4.89. The van der Waals surface area contributed by atoms with Crippen LogP contribution in [0.5, 0.6) is 0 Å². The van der Waals surface area contributed by atoms with E-state index in [1.54, 1.807) is 32.9 Å². The van der Waals surface area contributed by atoms with Crippen molar-refractivity contribution >= 4 is 23.2 Å². The maximum Gasteiger partial charge on any atom is 0.240 e. The fourth-order valence-electron chi connectivity index (χ4n) is 2.07. The second-order valence-corrected chi connectivity index (χ2v) is 7.48. The average Bonchev–Trinajstić information content (AvgIpc) is 3.04. The molecular weight excluding hydrogens is 327 g/mol. The van der Waals surface area contributed by atoms with Crippen molar-refractivity contribution in [3.63, 3.8) is 0 Å². The second-order valence-electron chi connectivity index (χ2n) is 6.50. The van der Waals surface area contributed by atoms with Crippen LogP contribution in [0.4, 0.5) is 4.39 Å². The molecule has 2 aromatic rings. The first kappa shape index (κ1) is 18.1. The average molecular weight is 348 g/mol. The summed E-state index contributed by atoms with van der Waals surface area (Å²) >= 11 is 1.50. The molecule has 0 aliphatic rings. The van der Waals surface area contributed by atoms with Gasteiger partial charge in [-0.05, 0) is 29.1 Å². The Morgan fingerprint density at radius 1 is 1.17 bits per heavy atom. The van der Waals surface area contributed by atoms with Gasteiger partial charge in [-0.25, -0.2) is 4.39 Å². The van der Waals surface area contributed by atoms with Crippen LogP contribution >= 0.6 is 11.3 Å². The summed E-state index contributed by atoms with van der Waals surface area (Å²) in [7, 11) is 0. The molecule has 1 heterocycles. The predicted molar refractivity (Wildman–Crippen MR) is 93.2 cm³/mol. The number of hydrogen-bond donors (Lipinski definition) is 2. The SMILES string of the molecule is CC(C)(C)C(=O)NCC(=O)NC(c1ccc(F)cc1)c1cccs1. The van der Waals surface area contributed by atoms with Gasteiger partial charge in [0.05, 0.1) is 12.6 Å². The normalized spacial score (nSPS) is 12.5. The monoisotopic (exact) mass is 348 g/mol. The van der Waals surface area contributed by atoms with Crippen LogP contribution in [-0.2, 0) is 9.59 Å². The van der Waals surface area contributed by atoms with Crippen molar-refractivity contribution in [1.29, 1.82) is 0 Å². The summed E-state index contributed by atoms with van der Waals surface area (Å²) in [6, 6.07) is 9.45. The van der Waals surface area contributed by atoms with E-state index in [0.717, 1.165) is 10.4 Å². The van der Waals surface area contributed by atoms with Crippen molar-refractivity contribution < 1.29 is 14.0 Å². The van der Waals surface area contributed by atoms with E-state index in [-0.39, 0.29) is 30.2 Å². The number of nitrogens with one attached hydrogen (secondary N) is 2. The predicted octanol–water partition coefficient (Wildman–Crippen LogP) is 3.26. The zero-order chi connectivity index (χ0) is 17.7. The van der Waals surface area contributed by atoms with Crippen LogP contribution in [-0.4, -0.2) is 18.4 Å². The van der Waals surface area contributed by atoms with Gasteiger partial charge < -0.3 is 10.6 Å². The molecule has 128 valence electrons. The number of halogens is 1. The van der Waals surface area contributed by atoms with E-state index in [1.807, 2.05) is 17.5 Å². The van der Waals surface area contributed by atoms with Gasteiger partial charge in [-0.2, -0.15) is 0 Å². The highest BCUT2D eigenvalue weighted by Gasteiger charge is 2.23. The molecule has 1 unspecified atom stereocenters. The lowest BCUT2D eigenvalue weighted by atomic mass is 9.96. The molecule has 0 saturated carbocycles. The van der Waals surface area contributed by atoms with Crippen molar-refractivity contribution in [1.82, 2.24) is 10.6 Å². The Labute approximate surface area is 145 Å². The largest absolute Gasteiger partial charge is 0.347 e. The van der Waals surface area contributed by atoms with Gasteiger partial charge in [0.15, 0.2) is 0 Å². The van der Waals surface area contributed by atoms with Crippen molar-refractivity contribution in [3.8, 4) is 0 Å². The summed E-state index contributed by atoms with van der Waals surface area (Å²) in [6.07, 6.45) is 0. The van der Waals surface area contributed by atoms with Crippen LogP contribution in [0.3, 0.4) is 0 Å². The van der Waals surface area contributed by atoms with E-state index >= 15 is 0 Å². The van der Waals surface area contributed by atoms with Crippen molar-refractivity contribution in [2.75, 3.05) is 6.54 Å². The number of thiophene rings is 1. The molecule has 1 aromatic heterocycles. The molecule has 24 heavy (non-hydrogen) atoms. The standard InChI is InChI=1S/C18H21FN2O2S/c1-18(2,3)17(23)20-11-15(22)21-16(14-5-4-10-24-14)12-6-8-13(19)9-7-12/h4-10,16H,11H2,1-3H3,(H,20,23)(H,21,22). The highest BCUT2D eigenvalue weighted by Crippen LogP contribution is 2.26. The third-order valence-electron chi connectivity index (χ3n) is 3.43. The van der Waals surface area contributed by atoms with E-state index in [4.69, 9.17) is 0 Å². The van der Waals surface area contributed by atoms with Crippen molar-refractivity contribution in [3.05, 3.63) is 58.0 Å². The lowest BCUT2D eigenvalue weighted by Crippen LogP contribution is -2.42. The van der Waals surface area contributed by atoms with Crippen LogP contribution in [0.1, 0.15) is 37.3 Å². The molecule has 2 N–H and O–H groups in total. The molecule has 2 rings (SSSR count). The van der Waals surface area contributed by atoms with Crippen LogP contribution in [0.15, 0.2) is 41.8 Å². The molecule has 4 nitrogen and oxygen atoms in total. The summed E-state index contributed by atoms with van der Waals surface area (Å²) in [6.45, 7) is 5.26. The highest BCUT2D eigenvalue weighted by molar-refractivity contribution is 7.10. The summed E-state index contributed by atoms with van der Waals surface area (Å²) in [5.41, 5.74) is 0.235. The molecule has 0 spiro atoms. The lowest BCUT2D eigenvalue weighted by molar-refractivity contribution is -0.131. The summed E-state index contributed by atoms with van der Waals surface area (Å²) in [4.78, 5) is 25.0. The van der Waals surface area contributed by atoms with Gasteiger partial charge in [-0.15, -0.1) is 11.3 Å². The van der Waals surface area contributed by atoms with Crippen LogP contribution in [0.25, 0.3) is 0 Å². The van der Waals surface area contributed by atoms with Gasteiger partial charge in [0.25, 0.3) is 0 Å². The second kappa shape index (κ2) is 7.57. The first-order valence-corrected chi connectivity index (χ1v) is 8.52. The van der Waals surface area contributed by atoms with Gasteiger partial charge in [0, 0.05) is 10.3 Å². The number of carbonyl (C=O) groups excluding carboxylic acids is 2. The minimum atomic E-state index is -0.551. The van der Waals surface area contributed by atoms with Crippen molar-refractivity contribution in [2.24, 2.45) is 5.41 Å². The summed E-state index contributed by atoms with van der Waals surface area (Å²) in [5, 5.41) is 7.44. The topological polar surface area (TPSA) is 58.2 Å². The third-order valence-corrected chi connectivity index (χ3v) is 4.36. The fraction of sp³-hybridized carbons (Fsp3) is 0.333. The van der Waals surface area contributed by atoms with Gasteiger partial charge in [0.1, 0.15) is 5.82 Å². The Bertz CT molecular complexity index is 691. The summed E-state index contributed by atoms with van der Waals surface area (Å²) < 4.78 is 13.1. The molecule has 0 bridgehead atoms. The zero-order valence-corrected chi connectivity index (χ0v) is 14.7. The number of carbonyl (C=O) groups is 2. The van der Waals surface area contributed by atoms with Crippen LogP contribution in [0.2, 0.25) is 0 Å². The number of hydrogen-bond acceptors (Lipinski definition) is 3. The molecule has 1 atom stereocenters. The molecule has 2 amide bonds. The molecule has 0 radical (unpaired) electrons. The molecule has 6 heteroatoms. The molecular formula is C18H21FN2O2S. The minimum Gasteiger partial charge on any atom is -0.347 e. The Hall–Kier alpha value is -2.21. The van der Waals surface area contributed by atoms with Crippen molar-refractivity contribution in [2.45, 2.75) is 26.8 Å². The quantitative estimate of drug-likeness (QED) is 0.871. The van der Waals surface area contributed by atoms with E-state index in [0.29, 0.717) is 0 Å². The molecule has 1 aromatic carbocycles. The van der Waals surface area contributed by atoms with E-state index < -0.39 is 5.41 Å². The van der Waals surface area contributed by atoms with Crippen LogP contribution < -0.4 is 10.6 Å². The highest BCUT2D eigenvalue weighted by atomic mass is 32.1. The Balaban J connectivity index is 2.08. The van der Waals surface area contributed by atoms with Gasteiger partial charge in [-0.3, -0.25) is 9.59 Å². The van der Waals surface area contributed by atoms with Crippen LogP contribution in [0, 0.1) is 11.2 Å². The Morgan fingerprint density at radius 2 is 1.83 bits per heavy atom. The molecule has 0 fully saturated rings. The maximum atomic E-state index is 13.1. The zero-order valence-electron chi connectivity index (χ0n) is 13.9. The van der Waals surface area contributed by atoms with E-state index in [1.165, 1.54) is 23.5 Å². The van der Waals surface area contributed by atoms with E-state index in [9.17, 15) is 14.0 Å². The van der Waals surface area contributed by atoms with E-state index in [2.05, 4.69) is 10.6 Å². The Morgan fingerprint density at radius 3 is 2.38 bits per heavy atom. The number of rotatable bonds is 5. The van der Waals surface area contributed by atoms with Gasteiger partial charge in [-0.1, -0.05) is 39.0 Å². The van der Waals surface area contributed by atoms with Gasteiger partial charge >= 0.3 is 0 Å². The minimum absolute atomic E-state index is 0.0980.